The molecule has 1 aliphatic heterocycles. The van der Waals surface area contributed by atoms with Crippen molar-refractivity contribution in [2.75, 3.05) is 11.5 Å². The van der Waals surface area contributed by atoms with Gasteiger partial charge in [0.05, 0.1) is 11.5 Å². The monoisotopic (exact) mass is 413 g/mol. The molecule has 0 aromatic heterocycles. The molecular weight excluding hydrogens is 394 g/mol. The van der Waals surface area contributed by atoms with Crippen LogP contribution in [0.5, 0.6) is 0 Å². The molecular formula is C22H20ClNO3S. The van der Waals surface area contributed by atoms with Gasteiger partial charge >= 0.3 is 0 Å². The highest BCUT2D eigenvalue weighted by Crippen LogP contribution is 2.27. The van der Waals surface area contributed by atoms with Crippen LogP contribution in [0.4, 0.5) is 0 Å². The van der Waals surface area contributed by atoms with Crippen LogP contribution < -0.4 is 0 Å². The minimum Gasteiger partial charge on any atom is -0.330 e. The van der Waals surface area contributed by atoms with E-state index in [9.17, 15) is 13.2 Å². The fraction of sp³-hybridized carbons (Fsp3) is 0.227. The Morgan fingerprint density at radius 1 is 1.00 bits per heavy atom. The van der Waals surface area contributed by atoms with E-state index in [1.165, 1.54) is 0 Å². The third kappa shape index (κ3) is 3.77. The minimum absolute atomic E-state index is 0.00599. The summed E-state index contributed by atoms with van der Waals surface area (Å²) >= 11 is 6.32. The van der Waals surface area contributed by atoms with Crippen molar-refractivity contribution in [1.29, 1.82) is 0 Å². The molecule has 6 heteroatoms. The lowest BCUT2D eigenvalue weighted by atomic mass is 10.0. The third-order valence-electron chi connectivity index (χ3n) is 5.23. The van der Waals surface area contributed by atoms with Gasteiger partial charge in [-0.15, -0.1) is 0 Å². The van der Waals surface area contributed by atoms with Crippen molar-refractivity contribution in [3.05, 3.63) is 82.9 Å². The number of carbonyl (C=O) groups is 1. The summed E-state index contributed by atoms with van der Waals surface area (Å²) in [5.74, 6) is -0.0631. The Labute approximate surface area is 169 Å². The van der Waals surface area contributed by atoms with Gasteiger partial charge in [0.15, 0.2) is 9.84 Å². The highest BCUT2D eigenvalue weighted by Gasteiger charge is 2.35. The molecule has 3 aromatic carbocycles. The molecule has 28 heavy (non-hydrogen) atoms. The zero-order valence-electron chi connectivity index (χ0n) is 15.2. The fourth-order valence-corrected chi connectivity index (χ4v) is 5.69. The Morgan fingerprint density at radius 2 is 1.71 bits per heavy atom. The molecule has 0 unspecified atom stereocenters. The molecule has 1 atom stereocenters. The molecule has 4 rings (SSSR count). The molecule has 4 nitrogen and oxygen atoms in total. The lowest BCUT2D eigenvalue weighted by molar-refractivity contribution is 0.0683. The van der Waals surface area contributed by atoms with Crippen LogP contribution in [0.25, 0.3) is 10.8 Å². The van der Waals surface area contributed by atoms with Crippen LogP contribution >= 0.6 is 11.6 Å². The minimum atomic E-state index is -3.13. The van der Waals surface area contributed by atoms with Crippen molar-refractivity contribution >= 4 is 38.1 Å². The largest absolute Gasteiger partial charge is 0.330 e. The number of sulfone groups is 1. The Morgan fingerprint density at radius 3 is 2.46 bits per heavy atom. The highest BCUT2D eigenvalue weighted by molar-refractivity contribution is 7.91. The summed E-state index contributed by atoms with van der Waals surface area (Å²) in [7, 11) is -3.13. The van der Waals surface area contributed by atoms with E-state index in [0.29, 0.717) is 17.0 Å². The van der Waals surface area contributed by atoms with Crippen molar-refractivity contribution in [2.24, 2.45) is 0 Å². The van der Waals surface area contributed by atoms with E-state index in [0.717, 1.165) is 16.3 Å². The van der Waals surface area contributed by atoms with Gasteiger partial charge in [-0.05, 0) is 34.9 Å². The Kier molecular flexibility index (Phi) is 5.13. The molecule has 1 heterocycles. The van der Waals surface area contributed by atoms with Crippen molar-refractivity contribution in [3.63, 3.8) is 0 Å². The second-order valence-electron chi connectivity index (χ2n) is 7.11. The Bertz CT molecular complexity index is 1140. The first kappa shape index (κ1) is 19.0. The highest BCUT2D eigenvalue weighted by atomic mass is 35.5. The predicted molar refractivity (Wildman–Crippen MR) is 112 cm³/mol. The van der Waals surface area contributed by atoms with E-state index in [1.807, 2.05) is 54.6 Å². The van der Waals surface area contributed by atoms with Crippen molar-refractivity contribution < 1.29 is 13.2 Å². The number of amides is 1. The first-order valence-electron chi connectivity index (χ1n) is 9.17. The number of rotatable bonds is 4. The number of carbonyl (C=O) groups excluding carboxylic acids is 1. The lowest BCUT2D eigenvalue weighted by Gasteiger charge is -2.29. The topological polar surface area (TPSA) is 54.5 Å². The predicted octanol–water partition coefficient (Wildman–Crippen LogP) is 4.32. The second kappa shape index (κ2) is 7.57. The van der Waals surface area contributed by atoms with E-state index in [2.05, 4.69) is 0 Å². The first-order valence-corrected chi connectivity index (χ1v) is 11.4. The number of nitrogens with zero attached hydrogens (tertiary/aromatic N) is 1. The number of fused-ring (bicyclic) bond motifs is 1. The normalized spacial score (nSPS) is 18.2. The smallest absolute Gasteiger partial charge is 0.255 e. The Balaban J connectivity index is 1.76. The summed E-state index contributed by atoms with van der Waals surface area (Å²) in [5.41, 5.74) is 1.39. The van der Waals surface area contributed by atoms with Crippen LogP contribution in [0.3, 0.4) is 0 Å². The molecule has 0 N–H and O–H groups in total. The summed E-state index contributed by atoms with van der Waals surface area (Å²) < 4.78 is 24.1. The number of benzene rings is 3. The number of hydrogen-bond donors (Lipinski definition) is 0. The standard InChI is InChI=1S/C22H20ClNO3S/c23-21-11-4-2-7-17(21)14-24(18-12-13-28(26,27)15-18)22(25)20-10-5-8-16-6-1-3-9-19(16)20/h1-11,18H,12-15H2/t18-/m1/s1. The molecule has 0 aliphatic carbocycles. The van der Waals surface area contributed by atoms with Crippen LogP contribution in [0.1, 0.15) is 22.3 Å². The molecule has 1 amide bonds. The SMILES string of the molecule is O=C(c1cccc2ccccc12)N(Cc1ccccc1Cl)[C@@H]1CCS(=O)(=O)C1. The van der Waals surface area contributed by atoms with Gasteiger partial charge in [-0.1, -0.05) is 66.2 Å². The summed E-state index contributed by atoms with van der Waals surface area (Å²) in [6.45, 7) is 0.280. The van der Waals surface area contributed by atoms with Crippen molar-refractivity contribution in [1.82, 2.24) is 4.90 Å². The van der Waals surface area contributed by atoms with Crippen LogP contribution in [0.2, 0.25) is 5.02 Å². The first-order chi connectivity index (χ1) is 13.4. The molecule has 0 spiro atoms. The van der Waals surface area contributed by atoms with E-state index in [1.54, 1.807) is 17.0 Å². The maximum atomic E-state index is 13.6. The summed E-state index contributed by atoms with van der Waals surface area (Å²) in [6.07, 6.45) is 0.448. The van der Waals surface area contributed by atoms with E-state index < -0.39 is 9.84 Å². The van der Waals surface area contributed by atoms with E-state index >= 15 is 0 Å². The number of hydrogen-bond acceptors (Lipinski definition) is 3. The summed E-state index contributed by atoms with van der Waals surface area (Å²) in [4.78, 5) is 15.2. The quantitative estimate of drug-likeness (QED) is 0.640. The summed E-state index contributed by atoms with van der Waals surface area (Å²) in [6, 6.07) is 20.3. The van der Waals surface area contributed by atoms with Crippen LogP contribution in [0.15, 0.2) is 66.7 Å². The second-order valence-corrected chi connectivity index (χ2v) is 9.74. The van der Waals surface area contributed by atoms with Gasteiger partial charge in [-0.3, -0.25) is 4.79 Å². The molecule has 1 saturated heterocycles. The molecule has 1 aliphatic rings. The van der Waals surface area contributed by atoms with Gasteiger partial charge in [-0.25, -0.2) is 8.42 Å². The maximum absolute atomic E-state index is 13.6. The van der Waals surface area contributed by atoms with Gasteiger partial charge in [-0.2, -0.15) is 0 Å². The van der Waals surface area contributed by atoms with Gasteiger partial charge in [0, 0.05) is 23.2 Å². The molecule has 144 valence electrons. The third-order valence-corrected chi connectivity index (χ3v) is 7.35. The average molecular weight is 414 g/mol. The van der Waals surface area contributed by atoms with Gasteiger partial charge in [0.2, 0.25) is 0 Å². The molecule has 0 radical (unpaired) electrons. The number of halogens is 1. The van der Waals surface area contributed by atoms with Gasteiger partial charge in [0.1, 0.15) is 0 Å². The molecule has 3 aromatic rings. The Hall–Kier alpha value is -2.37. The molecule has 0 bridgehead atoms. The van der Waals surface area contributed by atoms with E-state index in [-0.39, 0.29) is 30.0 Å². The zero-order chi connectivity index (χ0) is 19.7. The van der Waals surface area contributed by atoms with Gasteiger partial charge < -0.3 is 4.90 Å². The van der Waals surface area contributed by atoms with Gasteiger partial charge in [0.25, 0.3) is 5.91 Å². The van der Waals surface area contributed by atoms with Crippen molar-refractivity contribution in [2.45, 2.75) is 19.0 Å². The maximum Gasteiger partial charge on any atom is 0.255 e. The molecule has 1 fully saturated rings. The van der Waals surface area contributed by atoms with Crippen LogP contribution in [0, 0.1) is 0 Å². The fourth-order valence-electron chi connectivity index (χ4n) is 3.76. The van der Waals surface area contributed by atoms with E-state index in [4.69, 9.17) is 11.6 Å². The van der Waals surface area contributed by atoms with Crippen LogP contribution in [-0.4, -0.2) is 36.8 Å². The average Bonchev–Trinajstić information content (AvgIpc) is 3.06. The molecule has 0 saturated carbocycles. The van der Waals surface area contributed by atoms with Crippen molar-refractivity contribution in [3.8, 4) is 0 Å². The summed E-state index contributed by atoms with van der Waals surface area (Å²) in [5, 5.41) is 2.41. The van der Waals surface area contributed by atoms with Crippen LogP contribution in [-0.2, 0) is 16.4 Å². The zero-order valence-corrected chi connectivity index (χ0v) is 16.8. The lowest BCUT2D eigenvalue weighted by Crippen LogP contribution is -2.40.